The van der Waals surface area contributed by atoms with Gasteiger partial charge in [0.15, 0.2) is 0 Å². The lowest BCUT2D eigenvalue weighted by atomic mass is 9.86. The summed E-state index contributed by atoms with van der Waals surface area (Å²) in [5, 5.41) is 9.84. The summed E-state index contributed by atoms with van der Waals surface area (Å²) in [5.74, 6) is 0.907. The molecule has 64 valence electrons. The number of allylic oxidation sites excluding steroid dienone is 1. The van der Waals surface area contributed by atoms with E-state index in [0.717, 1.165) is 12.8 Å². The molecule has 1 aliphatic rings. The van der Waals surface area contributed by atoms with Crippen LogP contribution in [-0.4, -0.2) is 10.7 Å². The molecule has 0 aliphatic heterocycles. The van der Waals surface area contributed by atoms with E-state index in [2.05, 4.69) is 20.4 Å². The zero-order valence-electron chi connectivity index (χ0n) is 7.72. The molecule has 1 heteroatoms. The lowest BCUT2D eigenvalue weighted by Crippen LogP contribution is -2.29. The van der Waals surface area contributed by atoms with Crippen molar-refractivity contribution in [1.29, 1.82) is 0 Å². The maximum Gasteiger partial charge on any atom is 0.0651 e. The Morgan fingerprint density at radius 3 is 2.36 bits per heavy atom. The van der Waals surface area contributed by atoms with Crippen LogP contribution in [0.2, 0.25) is 0 Å². The Hall–Kier alpha value is -0.300. The molecule has 0 radical (unpaired) electrons. The van der Waals surface area contributed by atoms with Crippen molar-refractivity contribution in [3.8, 4) is 0 Å². The third-order valence-electron chi connectivity index (χ3n) is 3.18. The van der Waals surface area contributed by atoms with Crippen molar-refractivity contribution < 1.29 is 5.11 Å². The van der Waals surface area contributed by atoms with Gasteiger partial charge in [-0.05, 0) is 38.5 Å². The summed E-state index contributed by atoms with van der Waals surface area (Å²) in [6, 6.07) is 0. The average Bonchev–Trinajstić information content (AvgIpc) is 2.09. The minimum atomic E-state index is -0.455. The van der Waals surface area contributed by atoms with E-state index in [4.69, 9.17) is 0 Å². The summed E-state index contributed by atoms with van der Waals surface area (Å²) >= 11 is 0. The summed E-state index contributed by atoms with van der Waals surface area (Å²) in [4.78, 5) is 0. The first-order valence-electron chi connectivity index (χ1n) is 4.33. The molecule has 0 spiro atoms. The average molecular weight is 154 g/mol. The van der Waals surface area contributed by atoms with E-state index in [1.165, 1.54) is 5.57 Å². The molecule has 0 aromatic carbocycles. The van der Waals surface area contributed by atoms with Crippen LogP contribution in [0.1, 0.15) is 33.6 Å². The fourth-order valence-corrected chi connectivity index (χ4v) is 2.03. The molecule has 1 N–H and O–H groups in total. The number of rotatable bonds is 1. The van der Waals surface area contributed by atoms with Crippen molar-refractivity contribution in [2.24, 2.45) is 11.8 Å². The molecule has 0 unspecified atom stereocenters. The quantitative estimate of drug-likeness (QED) is 0.575. The van der Waals surface area contributed by atoms with Gasteiger partial charge >= 0.3 is 0 Å². The molecular formula is C10H18O. The fraction of sp³-hybridized carbons (Fsp3) is 0.800. The summed E-state index contributed by atoms with van der Waals surface area (Å²) in [5.41, 5.74) is 0.763. The van der Waals surface area contributed by atoms with Crippen molar-refractivity contribution in [3.63, 3.8) is 0 Å². The van der Waals surface area contributed by atoms with Crippen LogP contribution in [0.5, 0.6) is 0 Å². The first kappa shape index (κ1) is 8.79. The Morgan fingerprint density at radius 2 is 2.18 bits per heavy atom. The van der Waals surface area contributed by atoms with Crippen molar-refractivity contribution in [2.75, 3.05) is 0 Å². The van der Waals surface area contributed by atoms with Gasteiger partial charge in [0.1, 0.15) is 0 Å². The molecular weight excluding hydrogens is 136 g/mol. The smallest absolute Gasteiger partial charge is 0.0651 e. The molecule has 0 bridgehead atoms. The van der Waals surface area contributed by atoms with Crippen LogP contribution >= 0.6 is 0 Å². The summed E-state index contributed by atoms with van der Waals surface area (Å²) < 4.78 is 0. The summed E-state index contributed by atoms with van der Waals surface area (Å²) in [6.07, 6.45) is 2.02. The largest absolute Gasteiger partial charge is 0.390 e. The molecule has 1 aliphatic carbocycles. The second-order valence-electron chi connectivity index (χ2n) is 4.14. The molecule has 11 heavy (non-hydrogen) atoms. The first-order chi connectivity index (χ1) is 4.95. The highest BCUT2D eigenvalue weighted by Crippen LogP contribution is 2.42. The van der Waals surface area contributed by atoms with E-state index >= 15 is 0 Å². The molecule has 0 amide bonds. The van der Waals surface area contributed by atoms with Crippen LogP contribution in [-0.2, 0) is 0 Å². The molecule has 0 aromatic rings. The molecule has 0 saturated heterocycles. The standard InChI is InChI=1S/C10H18O/c1-7(2)9-5-6-10(4,11)8(9)3/h8-9,11H,1,5-6H2,2-4H3/t8-,9-,10-/m1/s1. The summed E-state index contributed by atoms with van der Waals surface area (Å²) in [7, 11) is 0. The van der Waals surface area contributed by atoms with E-state index < -0.39 is 5.60 Å². The molecule has 0 aromatic heterocycles. The van der Waals surface area contributed by atoms with Crippen LogP contribution in [0, 0.1) is 11.8 Å². The Morgan fingerprint density at radius 1 is 1.64 bits per heavy atom. The van der Waals surface area contributed by atoms with Gasteiger partial charge in [0.25, 0.3) is 0 Å². The Balaban J connectivity index is 2.71. The molecule has 1 rings (SSSR count). The van der Waals surface area contributed by atoms with Gasteiger partial charge in [-0.3, -0.25) is 0 Å². The maximum absolute atomic E-state index is 9.84. The van der Waals surface area contributed by atoms with E-state index in [1.807, 2.05) is 6.92 Å². The van der Waals surface area contributed by atoms with E-state index in [0.29, 0.717) is 11.8 Å². The lowest BCUT2D eigenvalue weighted by Gasteiger charge is -2.25. The van der Waals surface area contributed by atoms with Crippen LogP contribution in [0.15, 0.2) is 12.2 Å². The van der Waals surface area contributed by atoms with Gasteiger partial charge < -0.3 is 5.11 Å². The Labute approximate surface area is 69.1 Å². The van der Waals surface area contributed by atoms with Crippen molar-refractivity contribution in [1.82, 2.24) is 0 Å². The van der Waals surface area contributed by atoms with Crippen LogP contribution < -0.4 is 0 Å². The molecule has 0 heterocycles. The van der Waals surface area contributed by atoms with Gasteiger partial charge in [-0.15, -0.1) is 0 Å². The number of hydrogen-bond donors (Lipinski definition) is 1. The summed E-state index contributed by atoms with van der Waals surface area (Å²) in [6.45, 7) is 10.0. The Bertz CT molecular complexity index is 170. The minimum absolute atomic E-state index is 0.375. The number of hydrogen-bond acceptors (Lipinski definition) is 1. The predicted octanol–water partition coefficient (Wildman–Crippen LogP) is 2.36. The highest BCUT2D eigenvalue weighted by Gasteiger charge is 2.40. The molecule has 1 saturated carbocycles. The Kier molecular flexibility index (Phi) is 2.10. The van der Waals surface area contributed by atoms with Gasteiger partial charge in [0, 0.05) is 0 Å². The third-order valence-corrected chi connectivity index (χ3v) is 3.18. The van der Waals surface area contributed by atoms with Gasteiger partial charge in [-0.1, -0.05) is 19.1 Å². The first-order valence-corrected chi connectivity index (χ1v) is 4.33. The van der Waals surface area contributed by atoms with Gasteiger partial charge in [-0.2, -0.15) is 0 Å². The topological polar surface area (TPSA) is 20.2 Å². The van der Waals surface area contributed by atoms with Crippen LogP contribution in [0.3, 0.4) is 0 Å². The minimum Gasteiger partial charge on any atom is -0.390 e. The molecule has 1 fully saturated rings. The molecule has 1 nitrogen and oxygen atoms in total. The van der Waals surface area contributed by atoms with Gasteiger partial charge in [0.05, 0.1) is 5.60 Å². The van der Waals surface area contributed by atoms with Crippen molar-refractivity contribution in [2.45, 2.75) is 39.2 Å². The third kappa shape index (κ3) is 1.48. The van der Waals surface area contributed by atoms with Gasteiger partial charge in [-0.25, -0.2) is 0 Å². The number of aliphatic hydroxyl groups is 1. The lowest BCUT2D eigenvalue weighted by molar-refractivity contribution is 0.0217. The van der Waals surface area contributed by atoms with Crippen molar-refractivity contribution >= 4 is 0 Å². The van der Waals surface area contributed by atoms with Gasteiger partial charge in [0.2, 0.25) is 0 Å². The second kappa shape index (κ2) is 2.63. The highest BCUT2D eigenvalue weighted by atomic mass is 16.3. The van der Waals surface area contributed by atoms with Crippen molar-refractivity contribution in [3.05, 3.63) is 12.2 Å². The fourth-order valence-electron chi connectivity index (χ4n) is 2.03. The zero-order valence-corrected chi connectivity index (χ0v) is 7.72. The second-order valence-corrected chi connectivity index (χ2v) is 4.14. The van der Waals surface area contributed by atoms with Crippen LogP contribution in [0.25, 0.3) is 0 Å². The van der Waals surface area contributed by atoms with E-state index in [1.54, 1.807) is 0 Å². The van der Waals surface area contributed by atoms with E-state index in [9.17, 15) is 5.11 Å². The zero-order chi connectivity index (χ0) is 8.65. The normalized spacial score (nSPS) is 44.4. The highest BCUT2D eigenvalue weighted by molar-refractivity contribution is 5.06. The monoisotopic (exact) mass is 154 g/mol. The SMILES string of the molecule is C=C(C)[C@H]1CC[C@@](C)(O)[C@@H]1C. The van der Waals surface area contributed by atoms with Crippen LogP contribution in [0.4, 0.5) is 0 Å². The predicted molar refractivity (Wildman–Crippen MR) is 47.3 cm³/mol. The maximum atomic E-state index is 9.84. The molecule has 3 atom stereocenters. The van der Waals surface area contributed by atoms with E-state index in [-0.39, 0.29) is 0 Å².